The molecule has 0 spiro atoms. The number of sulfonamides is 1. The van der Waals surface area contributed by atoms with E-state index in [0.29, 0.717) is 16.6 Å². The molecule has 0 radical (unpaired) electrons. The SMILES string of the molecule is O=S(=O)(Nc1cc(F)cc(C(F)(F)F)c1)c1cccc(Br)c1. The summed E-state index contributed by atoms with van der Waals surface area (Å²) in [6, 6.07) is 7.05. The molecule has 1 N–H and O–H groups in total. The van der Waals surface area contributed by atoms with E-state index in [2.05, 4.69) is 15.9 Å². The van der Waals surface area contributed by atoms with Gasteiger partial charge < -0.3 is 0 Å². The highest BCUT2D eigenvalue weighted by Gasteiger charge is 2.31. The van der Waals surface area contributed by atoms with Crippen LogP contribution in [0.3, 0.4) is 0 Å². The largest absolute Gasteiger partial charge is 0.416 e. The second kappa shape index (κ2) is 5.88. The monoisotopic (exact) mass is 397 g/mol. The number of anilines is 1. The van der Waals surface area contributed by atoms with Gasteiger partial charge in [-0.1, -0.05) is 22.0 Å². The predicted octanol–water partition coefficient (Wildman–Crippen LogP) is 4.41. The Balaban J connectivity index is 2.40. The van der Waals surface area contributed by atoms with E-state index < -0.39 is 33.3 Å². The summed E-state index contributed by atoms with van der Waals surface area (Å²) in [7, 11) is -4.13. The van der Waals surface area contributed by atoms with Crippen molar-refractivity contribution in [3.05, 3.63) is 58.3 Å². The lowest BCUT2D eigenvalue weighted by Gasteiger charge is -2.12. The Bertz CT molecular complexity index is 806. The zero-order valence-corrected chi connectivity index (χ0v) is 13.1. The molecule has 0 fully saturated rings. The summed E-state index contributed by atoms with van der Waals surface area (Å²) in [5.74, 6) is -1.19. The lowest BCUT2D eigenvalue weighted by Crippen LogP contribution is -2.14. The summed E-state index contributed by atoms with van der Waals surface area (Å²) in [4.78, 5) is -0.167. The minimum absolute atomic E-state index is 0.167. The van der Waals surface area contributed by atoms with Gasteiger partial charge >= 0.3 is 6.18 Å². The summed E-state index contributed by atoms with van der Waals surface area (Å²) in [6.07, 6.45) is -4.78. The number of hydrogen-bond acceptors (Lipinski definition) is 2. The lowest BCUT2D eigenvalue weighted by atomic mass is 10.2. The first-order valence-electron chi connectivity index (χ1n) is 5.74. The first-order valence-corrected chi connectivity index (χ1v) is 8.02. The molecular weight excluding hydrogens is 390 g/mol. The number of rotatable bonds is 3. The molecule has 9 heteroatoms. The Morgan fingerprint density at radius 2 is 1.73 bits per heavy atom. The maximum atomic E-state index is 13.3. The minimum atomic E-state index is -4.78. The summed E-state index contributed by atoms with van der Waals surface area (Å²) in [5.41, 5.74) is -1.79. The fourth-order valence-electron chi connectivity index (χ4n) is 1.66. The van der Waals surface area contributed by atoms with Crippen LogP contribution >= 0.6 is 15.9 Å². The van der Waals surface area contributed by atoms with Crippen molar-refractivity contribution in [2.24, 2.45) is 0 Å². The van der Waals surface area contributed by atoms with E-state index in [1.165, 1.54) is 18.2 Å². The molecule has 118 valence electrons. The highest BCUT2D eigenvalue weighted by molar-refractivity contribution is 9.10. The van der Waals surface area contributed by atoms with Crippen LogP contribution in [-0.4, -0.2) is 8.42 Å². The third kappa shape index (κ3) is 3.98. The van der Waals surface area contributed by atoms with Crippen molar-refractivity contribution < 1.29 is 26.0 Å². The molecule has 0 saturated carbocycles. The van der Waals surface area contributed by atoms with Crippen molar-refractivity contribution in [2.75, 3.05) is 4.72 Å². The van der Waals surface area contributed by atoms with Crippen LogP contribution in [0.2, 0.25) is 0 Å². The molecule has 2 aromatic carbocycles. The molecule has 0 aromatic heterocycles. The van der Waals surface area contributed by atoms with Gasteiger partial charge in [0.25, 0.3) is 10.0 Å². The van der Waals surface area contributed by atoms with Gasteiger partial charge in [0.15, 0.2) is 0 Å². The molecule has 0 bridgehead atoms. The van der Waals surface area contributed by atoms with E-state index >= 15 is 0 Å². The molecule has 0 atom stereocenters. The number of benzene rings is 2. The van der Waals surface area contributed by atoms with Gasteiger partial charge in [-0.25, -0.2) is 12.8 Å². The molecular formula is C13H8BrF4NO2S. The van der Waals surface area contributed by atoms with Gasteiger partial charge in [0.2, 0.25) is 0 Å². The fourth-order valence-corrected chi connectivity index (χ4v) is 3.30. The van der Waals surface area contributed by atoms with E-state index in [1.54, 1.807) is 6.07 Å². The normalized spacial score (nSPS) is 12.2. The van der Waals surface area contributed by atoms with E-state index in [-0.39, 0.29) is 11.0 Å². The van der Waals surface area contributed by atoms with Crippen molar-refractivity contribution in [1.82, 2.24) is 0 Å². The van der Waals surface area contributed by atoms with Crippen molar-refractivity contribution in [1.29, 1.82) is 0 Å². The predicted molar refractivity (Wildman–Crippen MR) is 76.4 cm³/mol. The molecule has 22 heavy (non-hydrogen) atoms. The summed E-state index contributed by atoms with van der Waals surface area (Å²) < 4.78 is 77.7. The molecule has 0 saturated heterocycles. The molecule has 0 heterocycles. The van der Waals surface area contributed by atoms with Crippen LogP contribution < -0.4 is 4.72 Å². The third-order valence-electron chi connectivity index (χ3n) is 2.58. The standard InChI is InChI=1S/C13H8BrF4NO2S/c14-9-2-1-3-12(6-9)22(20,21)19-11-5-8(13(16,17)18)4-10(15)7-11/h1-7,19H. The van der Waals surface area contributed by atoms with Crippen LogP contribution in [0, 0.1) is 5.82 Å². The smallest absolute Gasteiger partial charge is 0.280 e. The molecule has 2 rings (SSSR count). The summed E-state index contributed by atoms with van der Waals surface area (Å²) in [6.45, 7) is 0. The lowest BCUT2D eigenvalue weighted by molar-refractivity contribution is -0.137. The van der Waals surface area contributed by atoms with E-state index in [9.17, 15) is 26.0 Å². The molecule has 0 amide bonds. The highest BCUT2D eigenvalue weighted by Crippen LogP contribution is 2.32. The summed E-state index contributed by atoms with van der Waals surface area (Å²) in [5, 5.41) is 0. The van der Waals surface area contributed by atoms with Crippen molar-refractivity contribution in [3.63, 3.8) is 0 Å². The third-order valence-corrected chi connectivity index (χ3v) is 4.46. The van der Waals surface area contributed by atoms with Crippen molar-refractivity contribution in [3.8, 4) is 0 Å². The topological polar surface area (TPSA) is 46.2 Å². The Kier molecular flexibility index (Phi) is 4.48. The fraction of sp³-hybridized carbons (Fsp3) is 0.0769. The number of hydrogen-bond donors (Lipinski definition) is 1. The van der Waals surface area contributed by atoms with Gasteiger partial charge in [-0.15, -0.1) is 0 Å². The second-order valence-electron chi connectivity index (χ2n) is 4.29. The summed E-state index contributed by atoms with van der Waals surface area (Å²) >= 11 is 3.09. The van der Waals surface area contributed by atoms with Crippen LogP contribution in [0.5, 0.6) is 0 Å². The van der Waals surface area contributed by atoms with Gasteiger partial charge in [0.1, 0.15) is 5.82 Å². The first-order chi connectivity index (χ1) is 10.1. The zero-order chi connectivity index (χ0) is 16.5. The minimum Gasteiger partial charge on any atom is -0.280 e. The van der Waals surface area contributed by atoms with E-state index in [4.69, 9.17) is 0 Å². The van der Waals surface area contributed by atoms with Crippen LogP contribution in [0.15, 0.2) is 51.8 Å². The number of alkyl halides is 3. The highest BCUT2D eigenvalue weighted by atomic mass is 79.9. The van der Waals surface area contributed by atoms with Crippen LogP contribution in [-0.2, 0) is 16.2 Å². The van der Waals surface area contributed by atoms with Gasteiger partial charge in [0, 0.05) is 4.47 Å². The first kappa shape index (κ1) is 16.8. The number of nitrogens with one attached hydrogen (secondary N) is 1. The van der Waals surface area contributed by atoms with Crippen molar-refractivity contribution >= 4 is 31.6 Å². The average molecular weight is 398 g/mol. The molecule has 0 unspecified atom stereocenters. The average Bonchev–Trinajstić information content (AvgIpc) is 2.36. The Labute approximate surface area is 132 Å². The van der Waals surface area contributed by atoms with Gasteiger partial charge in [-0.3, -0.25) is 4.72 Å². The van der Waals surface area contributed by atoms with E-state index in [0.717, 1.165) is 0 Å². The van der Waals surface area contributed by atoms with Gasteiger partial charge in [0.05, 0.1) is 16.1 Å². The second-order valence-corrected chi connectivity index (χ2v) is 6.89. The van der Waals surface area contributed by atoms with E-state index in [1.807, 2.05) is 4.72 Å². The molecule has 0 aliphatic heterocycles. The Hall–Kier alpha value is -1.61. The molecule has 0 aliphatic rings. The van der Waals surface area contributed by atoms with Crippen LogP contribution in [0.1, 0.15) is 5.56 Å². The maximum Gasteiger partial charge on any atom is 0.416 e. The quantitative estimate of drug-likeness (QED) is 0.779. The Morgan fingerprint density at radius 3 is 2.32 bits per heavy atom. The van der Waals surface area contributed by atoms with Gasteiger partial charge in [-0.2, -0.15) is 13.2 Å². The zero-order valence-electron chi connectivity index (χ0n) is 10.7. The molecule has 2 aromatic rings. The Morgan fingerprint density at radius 1 is 1.05 bits per heavy atom. The van der Waals surface area contributed by atoms with Crippen LogP contribution in [0.25, 0.3) is 0 Å². The van der Waals surface area contributed by atoms with Gasteiger partial charge in [-0.05, 0) is 36.4 Å². The number of halogens is 5. The molecule has 0 aliphatic carbocycles. The van der Waals surface area contributed by atoms with Crippen LogP contribution in [0.4, 0.5) is 23.2 Å². The maximum absolute atomic E-state index is 13.3. The van der Waals surface area contributed by atoms with Crippen molar-refractivity contribution in [2.45, 2.75) is 11.1 Å². The molecule has 3 nitrogen and oxygen atoms in total.